The van der Waals surface area contributed by atoms with Crippen molar-refractivity contribution in [2.75, 3.05) is 13.1 Å². The Morgan fingerprint density at radius 1 is 1.50 bits per heavy atom. The van der Waals surface area contributed by atoms with E-state index >= 15 is 0 Å². The minimum Gasteiger partial charge on any atom is -0.310 e. The first-order valence-corrected chi connectivity index (χ1v) is 8.05. The van der Waals surface area contributed by atoms with Gasteiger partial charge in [0.2, 0.25) is 0 Å². The number of hydrogen-bond acceptors (Lipinski definition) is 4. The molecule has 2 rings (SSSR count). The molecule has 1 aliphatic rings. The number of nitrogens with one attached hydrogen (secondary N) is 1. The minimum absolute atomic E-state index is 0.724. The van der Waals surface area contributed by atoms with Crippen LogP contribution in [0.3, 0.4) is 0 Å². The smallest absolute Gasteiger partial charge is 0.107 e. The van der Waals surface area contributed by atoms with Gasteiger partial charge < -0.3 is 5.32 Å². The van der Waals surface area contributed by atoms with Crippen molar-refractivity contribution in [2.24, 2.45) is 0 Å². The van der Waals surface area contributed by atoms with Crippen molar-refractivity contribution in [3.8, 4) is 0 Å². The number of piperidine rings is 1. The van der Waals surface area contributed by atoms with Crippen LogP contribution in [0.15, 0.2) is 5.38 Å². The Hall–Kier alpha value is -0.450. The number of likely N-dealkylation sites (tertiary alicyclic amines) is 1. The van der Waals surface area contributed by atoms with Gasteiger partial charge in [-0.3, -0.25) is 4.90 Å². The van der Waals surface area contributed by atoms with Crippen LogP contribution < -0.4 is 5.32 Å². The summed E-state index contributed by atoms with van der Waals surface area (Å²) in [5.41, 5.74) is 1.25. The van der Waals surface area contributed by atoms with E-state index in [9.17, 15) is 0 Å². The highest BCUT2D eigenvalue weighted by atomic mass is 32.1. The molecule has 0 bridgehead atoms. The summed E-state index contributed by atoms with van der Waals surface area (Å²) in [6.07, 6.45) is 5.26. The van der Waals surface area contributed by atoms with E-state index in [1.54, 1.807) is 11.3 Å². The maximum atomic E-state index is 4.72. The van der Waals surface area contributed by atoms with E-state index in [4.69, 9.17) is 4.98 Å². The van der Waals surface area contributed by atoms with Gasteiger partial charge in [-0.1, -0.05) is 13.3 Å². The van der Waals surface area contributed by atoms with Crippen molar-refractivity contribution < 1.29 is 0 Å². The van der Waals surface area contributed by atoms with Crippen LogP contribution in [0.1, 0.15) is 50.2 Å². The minimum atomic E-state index is 0.724. The monoisotopic (exact) mass is 267 g/mol. The maximum Gasteiger partial charge on any atom is 0.107 e. The van der Waals surface area contributed by atoms with Gasteiger partial charge in [-0.25, -0.2) is 4.98 Å². The Morgan fingerprint density at radius 3 is 3.17 bits per heavy atom. The summed E-state index contributed by atoms with van der Waals surface area (Å²) in [7, 11) is 0. The van der Waals surface area contributed by atoms with Gasteiger partial charge in [0.25, 0.3) is 0 Å². The second-order valence-corrected chi connectivity index (χ2v) is 6.17. The molecular formula is C14H25N3S. The van der Waals surface area contributed by atoms with Crippen molar-refractivity contribution in [1.82, 2.24) is 15.2 Å². The Balaban J connectivity index is 1.82. The molecule has 1 unspecified atom stereocenters. The van der Waals surface area contributed by atoms with Crippen LogP contribution in [-0.4, -0.2) is 29.0 Å². The molecule has 102 valence electrons. The Kier molecular flexibility index (Phi) is 5.60. The lowest BCUT2D eigenvalue weighted by Crippen LogP contribution is -2.36. The van der Waals surface area contributed by atoms with Gasteiger partial charge in [0.1, 0.15) is 5.01 Å². The van der Waals surface area contributed by atoms with E-state index in [0.717, 1.165) is 25.7 Å². The molecule has 0 spiro atoms. The Morgan fingerprint density at radius 2 is 2.39 bits per heavy atom. The third-order valence-corrected chi connectivity index (χ3v) is 4.51. The van der Waals surface area contributed by atoms with Crippen molar-refractivity contribution in [3.05, 3.63) is 16.1 Å². The van der Waals surface area contributed by atoms with Gasteiger partial charge in [0.05, 0.1) is 5.69 Å². The van der Waals surface area contributed by atoms with Gasteiger partial charge in [-0.15, -0.1) is 11.3 Å². The molecule has 1 saturated heterocycles. The largest absolute Gasteiger partial charge is 0.310 e. The average Bonchev–Trinajstić information content (AvgIpc) is 2.80. The highest BCUT2D eigenvalue weighted by Gasteiger charge is 2.18. The lowest BCUT2D eigenvalue weighted by Gasteiger charge is -2.32. The first-order valence-electron chi connectivity index (χ1n) is 7.17. The van der Waals surface area contributed by atoms with E-state index in [2.05, 4.69) is 29.4 Å². The number of nitrogens with zero attached hydrogens (tertiary/aromatic N) is 2. The Bertz CT molecular complexity index is 351. The summed E-state index contributed by atoms with van der Waals surface area (Å²) in [5, 5.41) is 6.86. The average molecular weight is 267 g/mol. The summed E-state index contributed by atoms with van der Waals surface area (Å²) in [5.74, 6) is 0. The van der Waals surface area contributed by atoms with Crippen molar-refractivity contribution in [3.63, 3.8) is 0 Å². The highest BCUT2D eigenvalue weighted by molar-refractivity contribution is 7.09. The SMILES string of the molecule is CCCNCc1nc(CN2CCCCC2C)cs1. The third kappa shape index (κ3) is 4.04. The number of hydrogen-bond donors (Lipinski definition) is 1. The third-order valence-electron chi connectivity index (χ3n) is 3.61. The van der Waals surface area contributed by atoms with Gasteiger partial charge in [-0.05, 0) is 39.3 Å². The fourth-order valence-corrected chi connectivity index (χ4v) is 3.23. The molecule has 1 aromatic rings. The molecule has 0 aromatic carbocycles. The first kappa shape index (κ1) is 14.0. The molecule has 3 nitrogen and oxygen atoms in total. The molecular weight excluding hydrogens is 242 g/mol. The van der Waals surface area contributed by atoms with Gasteiger partial charge in [-0.2, -0.15) is 0 Å². The molecule has 0 radical (unpaired) electrons. The van der Waals surface area contributed by atoms with Gasteiger partial charge in [0, 0.05) is 24.5 Å². The summed E-state index contributed by atoms with van der Waals surface area (Å²) >= 11 is 1.79. The van der Waals surface area contributed by atoms with Gasteiger partial charge in [0.15, 0.2) is 0 Å². The fourth-order valence-electron chi connectivity index (χ4n) is 2.48. The number of thiazole rings is 1. The van der Waals surface area contributed by atoms with Crippen LogP contribution >= 0.6 is 11.3 Å². The fraction of sp³-hybridized carbons (Fsp3) is 0.786. The first-order chi connectivity index (χ1) is 8.79. The van der Waals surface area contributed by atoms with Crippen molar-refractivity contribution >= 4 is 11.3 Å². The van der Waals surface area contributed by atoms with Crippen LogP contribution in [0, 0.1) is 0 Å². The summed E-state index contributed by atoms with van der Waals surface area (Å²) in [6, 6.07) is 0.724. The molecule has 18 heavy (non-hydrogen) atoms. The highest BCUT2D eigenvalue weighted by Crippen LogP contribution is 2.20. The standard InChI is InChI=1S/C14H25N3S/c1-3-7-15-9-14-16-13(11-18-14)10-17-8-5-4-6-12(17)2/h11-12,15H,3-10H2,1-2H3. The van der Waals surface area contributed by atoms with Crippen molar-refractivity contribution in [2.45, 2.75) is 58.7 Å². The van der Waals surface area contributed by atoms with E-state index in [1.807, 2.05) is 0 Å². The van der Waals surface area contributed by atoms with E-state index in [0.29, 0.717) is 0 Å². The zero-order valence-electron chi connectivity index (χ0n) is 11.6. The Labute approximate surface area is 115 Å². The van der Waals surface area contributed by atoms with Gasteiger partial charge >= 0.3 is 0 Å². The molecule has 1 N–H and O–H groups in total. The second kappa shape index (κ2) is 7.22. The van der Waals surface area contributed by atoms with E-state index < -0.39 is 0 Å². The van der Waals surface area contributed by atoms with Crippen molar-refractivity contribution in [1.29, 1.82) is 0 Å². The molecule has 2 heterocycles. The lowest BCUT2D eigenvalue weighted by molar-refractivity contribution is 0.151. The predicted octanol–water partition coefficient (Wildman–Crippen LogP) is 3.02. The maximum absolute atomic E-state index is 4.72. The number of rotatable bonds is 6. The molecule has 4 heteroatoms. The zero-order chi connectivity index (χ0) is 12.8. The van der Waals surface area contributed by atoms with Crippen LogP contribution in [0.4, 0.5) is 0 Å². The summed E-state index contributed by atoms with van der Waals surface area (Å²) < 4.78 is 0. The van der Waals surface area contributed by atoms with Crippen LogP contribution in [0.2, 0.25) is 0 Å². The van der Waals surface area contributed by atoms with Crippen LogP contribution in [0.25, 0.3) is 0 Å². The summed E-state index contributed by atoms with van der Waals surface area (Å²) in [4.78, 5) is 7.30. The van der Waals surface area contributed by atoms with E-state index in [-0.39, 0.29) is 0 Å². The molecule has 1 aliphatic heterocycles. The van der Waals surface area contributed by atoms with Crippen LogP contribution in [-0.2, 0) is 13.1 Å². The topological polar surface area (TPSA) is 28.2 Å². The molecule has 0 amide bonds. The second-order valence-electron chi connectivity index (χ2n) is 5.22. The van der Waals surface area contributed by atoms with E-state index in [1.165, 1.54) is 42.9 Å². The molecule has 1 fully saturated rings. The zero-order valence-corrected chi connectivity index (χ0v) is 12.4. The number of aromatic nitrogens is 1. The molecule has 1 atom stereocenters. The lowest BCUT2D eigenvalue weighted by atomic mass is 10.0. The summed E-state index contributed by atoms with van der Waals surface area (Å²) in [6.45, 7) is 8.81. The molecule has 0 saturated carbocycles. The molecule has 1 aromatic heterocycles. The predicted molar refractivity (Wildman–Crippen MR) is 77.8 cm³/mol. The van der Waals surface area contributed by atoms with Crippen LogP contribution in [0.5, 0.6) is 0 Å². The normalized spacial score (nSPS) is 21.3. The quantitative estimate of drug-likeness (QED) is 0.803. The molecule has 0 aliphatic carbocycles.